The van der Waals surface area contributed by atoms with Crippen molar-refractivity contribution in [2.24, 2.45) is 0 Å². The standard InChI is InChI=1S/C17H20BrN/c1-3-13-8-10-16(11-9-13)19-17(4-2)14-6-5-7-15(18)12-14/h5-12,17,19H,3-4H2,1-2H3. The van der Waals surface area contributed by atoms with Crippen LogP contribution in [0.3, 0.4) is 0 Å². The lowest BCUT2D eigenvalue weighted by molar-refractivity contribution is 0.749. The Balaban J connectivity index is 2.14. The molecule has 0 aliphatic rings. The van der Waals surface area contributed by atoms with Crippen molar-refractivity contribution in [3.63, 3.8) is 0 Å². The molecule has 19 heavy (non-hydrogen) atoms. The van der Waals surface area contributed by atoms with Crippen LogP contribution in [0.1, 0.15) is 37.4 Å². The molecule has 0 spiro atoms. The van der Waals surface area contributed by atoms with Crippen molar-refractivity contribution < 1.29 is 0 Å². The molecule has 0 saturated heterocycles. The molecule has 0 radical (unpaired) electrons. The smallest absolute Gasteiger partial charge is 0.0511 e. The Morgan fingerprint density at radius 2 is 1.79 bits per heavy atom. The van der Waals surface area contributed by atoms with E-state index in [0.717, 1.165) is 17.3 Å². The predicted molar refractivity (Wildman–Crippen MR) is 86.6 cm³/mol. The Kier molecular flexibility index (Phi) is 5.03. The Morgan fingerprint density at radius 1 is 1.05 bits per heavy atom. The maximum absolute atomic E-state index is 3.60. The molecule has 1 nitrogen and oxygen atoms in total. The van der Waals surface area contributed by atoms with Gasteiger partial charge in [0.25, 0.3) is 0 Å². The van der Waals surface area contributed by atoms with Gasteiger partial charge in [-0.05, 0) is 48.2 Å². The van der Waals surface area contributed by atoms with Crippen LogP contribution in [0.25, 0.3) is 0 Å². The summed E-state index contributed by atoms with van der Waals surface area (Å²) in [5.41, 5.74) is 3.88. The van der Waals surface area contributed by atoms with Crippen LogP contribution in [0, 0.1) is 0 Å². The number of hydrogen-bond acceptors (Lipinski definition) is 1. The number of hydrogen-bond donors (Lipinski definition) is 1. The zero-order chi connectivity index (χ0) is 13.7. The molecule has 2 aromatic carbocycles. The fourth-order valence-electron chi connectivity index (χ4n) is 2.18. The van der Waals surface area contributed by atoms with E-state index in [1.807, 2.05) is 0 Å². The van der Waals surface area contributed by atoms with Gasteiger partial charge in [0.05, 0.1) is 6.04 Å². The highest BCUT2D eigenvalue weighted by Crippen LogP contribution is 2.25. The van der Waals surface area contributed by atoms with Gasteiger partial charge in [0.15, 0.2) is 0 Å². The summed E-state index contributed by atoms with van der Waals surface area (Å²) in [6, 6.07) is 17.6. The van der Waals surface area contributed by atoms with Crippen molar-refractivity contribution in [3.05, 3.63) is 64.1 Å². The van der Waals surface area contributed by atoms with Gasteiger partial charge in [-0.2, -0.15) is 0 Å². The molecule has 1 N–H and O–H groups in total. The average molecular weight is 318 g/mol. The van der Waals surface area contributed by atoms with E-state index in [1.54, 1.807) is 0 Å². The molecular formula is C17H20BrN. The van der Waals surface area contributed by atoms with E-state index in [0.29, 0.717) is 6.04 Å². The lowest BCUT2D eigenvalue weighted by Gasteiger charge is -2.19. The van der Waals surface area contributed by atoms with Crippen LogP contribution in [-0.2, 0) is 6.42 Å². The van der Waals surface area contributed by atoms with Crippen LogP contribution in [0.2, 0.25) is 0 Å². The summed E-state index contributed by atoms with van der Waals surface area (Å²) in [4.78, 5) is 0. The number of halogens is 1. The molecular weight excluding hydrogens is 298 g/mol. The normalized spacial score (nSPS) is 12.2. The monoisotopic (exact) mass is 317 g/mol. The van der Waals surface area contributed by atoms with Crippen molar-refractivity contribution in [3.8, 4) is 0 Å². The van der Waals surface area contributed by atoms with Crippen LogP contribution in [-0.4, -0.2) is 0 Å². The van der Waals surface area contributed by atoms with Crippen molar-refractivity contribution in [1.29, 1.82) is 0 Å². The van der Waals surface area contributed by atoms with Crippen molar-refractivity contribution in [1.82, 2.24) is 0 Å². The van der Waals surface area contributed by atoms with Gasteiger partial charge in [0.2, 0.25) is 0 Å². The molecule has 100 valence electrons. The first kappa shape index (κ1) is 14.1. The number of anilines is 1. The molecule has 0 saturated carbocycles. The summed E-state index contributed by atoms with van der Waals surface area (Å²) in [7, 11) is 0. The van der Waals surface area contributed by atoms with Crippen LogP contribution >= 0.6 is 15.9 Å². The molecule has 2 aromatic rings. The molecule has 0 aliphatic carbocycles. The number of nitrogens with one attached hydrogen (secondary N) is 1. The lowest BCUT2D eigenvalue weighted by Crippen LogP contribution is -2.09. The zero-order valence-corrected chi connectivity index (χ0v) is 13.1. The van der Waals surface area contributed by atoms with Gasteiger partial charge in [0.1, 0.15) is 0 Å². The molecule has 0 amide bonds. The molecule has 1 unspecified atom stereocenters. The average Bonchev–Trinajstić information content (AvgIpc) is 2.45. The van der Waals surface area contributed by atoms with Crippen molar-refractivity contribution >= 4 is 21.6 Å². The van der Waals surface area contributed by atoms with Gasteiger partial charge in [-0.3, -0.25) is 0 Å². The van der Waals surface area contributed by atoms with Gasteiger partial charge in [-0.15, -0.1) is 0 Å². The topological polar surface area (TPSA) is 12.0 Å². The van der Waals surface area contributed by atoms with E-state index in [9.17, 15) is 0 Å². The fourth-order valence-corrected chi connectivity index (χ4v) is 2.60. The predicted octanol–water partition coefficient (Wildman–Crippen LogP) is 5.57. The van der Waals surface area contributed by atoms with E-state index in [1.165, 1.54) is 16.8 Å². The van der Waals surface area contributed by atoms with Gasteiger partial charge in [-0.1, -0.05) is 54.0 Å². The second kappa shape index (κ2) is 6.76. The summed E-state index contributed by atoms with van der Waals surface area (Å²) in [6.45, 7) is 4.39. The van der Waals surface area contributed by atoms with Gasteiger partial charge in [0, 0.05) is 10.2 Å². The zero-order valence-electron chi connectivity index (χ0n) is 11.5. The lowest BCUT2D eigenvalue weighted by atomic mass is 10.0. The quantitative estimate of drug-likeness (QED) is 0.759. The highest BCUT2D eigenvalue weighted by atomic mass is 79.9. The van der Waals surface area contributed by atoms with E-state index in [4.69, 9.17) is 0 Å². The largest absolute Gasteiger partial charge is 0.378 e. The maximum Gasteiger partial charge on any atom is 0.0511 e. The van der Waals surface area contributed by atoms with Crippen molar-refractivity contribution in [2.75, 3.05) is 5.32 Å². The SMILES string of the molecule is CCc1ccc(NC(CC)c2cccc(Br)c2)cc1. The molecule has 2 heteroatoms. The third kappa shape index (κ3) is 3.84. The Morgan fingerprint density at radius 3 is 2.37 bits per heavy atom. The fraction of sp³-hybridized carbons (Fsp3) is 0.294. The molecule has 0 aromatic heterocycles. The minimum Gasteiger partial charge on any atom is -0.378 e. The second-order valence-corrected chi connectivity index (χ2v) is 5.63. The first-order chi connectivity index (χ1) is 9.22. The minimum atomic E-state index is 0.352. The highest BCUT2D eigenvalue weighted by Gasteiger charge is 2.09. The van der Waals surface area contributed by atoms with Crippen LogP contribution < -0.4 is 5.32 Å². The first-order valence-corrected chi connectivity index (χ1v) is 7.63. The molecule has 0 aliphatic heterocycles. The summed E-state index contributed by atoms with van der Waals surface area (Å²) < 4.78 is 1.13. The summed E-state index contributed by atoms with van der Waals surface area (Å²) in [6.07, 6.45) is 2.15. The van der Waals surface area contributed by atoms with E-state index < -0.39 is 0 Å². The number of rotatable bonds is 5. The highest BCUT2D eigenvalue weighted by molar-refractivity contribution is 9.10. The summed E-state index contributed by atoms with van der Waals surface area (Å²) in [5.74, 6) is 0. The molecule has 0 heterocycles. The van der Waals surface area contributed by atoms with Crippen LogP contribution in [0.15, 0.2) is 53.0 Å². The minimum absolute atomic E-state index is 0.352. The second-order valence-electron chi connectivity index (χ2n) is 4.71. The Bertz CT molecular complexity index is 519. The molecule has 2 rings (SSSR count). The molecule has 0 fully saturated rings. The van der Waals surface area contributed by atoms with Crippen LogP contribution in [0.5, 0.6) is 0 Å². The van der Waals surface area contributed by atoms with Gasteiger partial charge >= 0.3 is 0 Å². The summed E-state index contributed by atoms with van der Waals surface area (Å²) in [5, 5.41) is 3.60. The molecule has 1 atom stereocenters. The summed E-state index contributed by atoms with van der Waals surface area (Å²) >= 11 is 3.54. The Labute approximate surface area is 124 Å². The van der Waals surface area contributed by atoms with E-state index in [-0.39, 0.29) is 0 Å². The Hall–Kier alpha value is -1.28. The van der Waals surface area contributed by atoms with E-state index >= 15 is 0 Å². The van der Waals surface area contributed by atoms with Crippen molar-refractivity contribution in [2.45, 2.75) is 32.7 Å². The van der Waals surface area contributed by atoms with Crippen LogP contribution in [0.4, 0.5) is 5.69 Å². The van der Waals surface area contributed by atoms with E-state index in [2.05, 4.69) is 83.6 Å². The number of benzene rings is 2. The van der Waals surface area contributed by atoms with Gasteiger partial charge in [-0.25, -0.2) is 0 Å². The first-order valence-electron chi connectivity index (χ1n) is 6.84. The van der Waals surface area contributed by atoms with Gasteiger partial charge < -0.3 is 5.32 Å². The third-order valence-corrected chi connectivity index (χ3v) is 3.86. The number of aryl methyl sites for hydroxylation is 1. The third-order valence-electron chi connectivity index (χ3n) is 3.36. The molecule has 0 bridgehead atoms. The maximum atomic E-state index is 3.60.